The Kier molecular flexibility index (Phi) is 5.52. The zero-order chi connectivity index (χ0) is 12.8. The van der Waals surface area contributed by atoms with E-state index in [-0.39, 0.29) is 6.10 Å². The van der Waals surface area contributed by atoms with E-state index in [9.17, 15) is 0 Å². The van der Waals surface area contributed by atoms with Crippen molar-refractivity contribution in [3.63, 3.8) is 0 Å². The number of hydrogen-bond acceptors (Lipinski definition) is 1. The summed E-state index contributed by atoms with van der Waals surface area (Å²) in [6, 6.07) is 8.08. The van der Waals surface area contributed by atoms with Crippen molar-refractivity contribution in [2.45, 2.75) is 51.6 Å². The third-order valence-electron chi connectivity index (χ3n) is 3.83. The Balaban J connectivity index is 1.77. The van der Waals surface area contributed by atoms with Gasteiger partial charge in [-0.15, -0.1) is 0 Å². The Hall–Kier alpha value is -0.530. The molecule has 100 valence electrons. The van der Waals surface area contributed by atoms with E-state index in [0.717, 1.165) is 24.0 Å². The monoisotopic (exact) mass is 266 g/mol. The van der Waals surface area contributed by atoms with Gasteiger partial charge in [0.05, 0.1) is 12.7 Å². The summed E-state index contributed by atoms with van der Waals surface area (Å²) in [5, 5.41) is 0.798. The molecule has 2 rings (SSSR count). The van der Waals surface area contributed by atoms with Crippen LogP contribution in [0.4, 0.5) is 0 Å². The van der Waals surface area contributed by atoms with Gasteiger partial charge >= 0.3 is 0 Å². The Morgan fingerprint density at radius 1 is 1.17 bits per heavy atom. The molecule has 0 N–H and O–H groups in total. The fourth-order valence-corrected chi connectivity index (χ4v) is 2.78. The number of halogens is 1. The van der Waals surface area contributed by atoms with Crippen LogP contribution < -0.4 is 0 Å². The van der Waals surface area contributed by atoms with Crippen molar-refractivity contribution < 1.29 is 4.74 Å². The normalized spacial score (nSPS) is 24.1. The summed E-state index contributed by atoms with van der Waals surface area (Å²) < 4.78 is 6.00. The molecule has 0 aliphatic carbocycles. The number of rotatable bonds is 5. The van der Waals surface area contributed by atoms with Gasteiger partial charge in [-0.2, -0.15) is 0 Å². The molecule has 1 nitrogen and oxygen atoms in total. The molecule has 18 heavy (non-hydrogen) atoms. The molecule has 2 heteroatoms. The highest BCUT2D eigenvalue weighted by Crippen LogP contribution is 2.33. The second-order valence-electron chi connectivity index (χ2n) is 5.31. The van der Waals surface area contributed by atoms with E-state index < -0.39 is 0 Å². The van der Waals surface area contributed by atoms with E-state index in [2.05, 4.69) is 19.1 Å². The standard InChI is InChI=1S/C16H23ClO/c1-2-3-4-5-13-6-11-16(18-12-13)14-7-9-15(17)10-8-14/h7-10,13,16H,2-6,11-12H2,1H3. The highest BCUT2D eigenvalue weighted by atomic mass is 35.5. The first-order valence-corrected chi connectivity index (χ1v) is 7.54. The van der Waals surface area contributed by atoms with Gasteiger partial charge in [-0.05, 0) is 42.9 Å². The molecule has 0 bridgehead atoms. The number of hydrogen-bond donors (Lipinski definition) is 0. The van der Waals surface area contributed by atoms with Gasteiger partial charge in [0.25, 0.3) is 0 Å². The Labute approximate surface area is 115 Å². The van der Waals surface area contributed by atoms with Crippen LogP contribution in [-0.2, 0) is 4.74 Å². The summed E-state index contributed by atoms with van der Waals surface area (Å²) in [6.45, 7) is 3.19. The molecule has 1 aromatic rings. The third-order valence-corrected chi connectivity index (χ3v) is 4.08. The maximum absolute atomic E-state index is 6.00. The van der Waals surface area contributed by atoms with E-state index in [1.54, 1.807) is 0 Å². The third kappa shape index (κ3) is 4.00. The molecule has 0 aromatic heterocycles. The fraction of sp³-hybridized carbons (Fsp3) is 0.625. The number of benzene rings is 1. The lowest BCUT2D eigenvalue weighted by molar-refractivity contribution is -0.0198. The van der Waals surface area contributed by atoms with Gasteiger partial charge in [0.1, 0.15) is 0 Å². The van der Waals surface area contributed by atoms with Crippen LogP contribution in [0, 0.1) is 5.92 Å². The topological polar surface area (TPSA) is 9.23 Å². The Morgan fingerprint density at radius 3 is 2.56 bits per heavy atom. The molecule has 0 spiro atoms. The Morgan fingerprint density at radius 2 is 1.94 bits per heavy atom. The van der Waals surface area contributed by atoms with Crippen molar-refractivity contribution >= 4 is 11.6 Å². The van der Waals surface area contributed by atoms with Gasteiger partial charge in [0.2, 0.25) is 0 Å². The van der Waals surface area contributed by atoms with Gasteiger partial charge in [0.15, 0.2) is 0 Å². The summed E-state index contributed by atoms with van der Waals surface area (Å²) >= 11 is 5.90. The van der Waals surface area contributed by atoms with Crippen LogP contribution in [0.25, 0.3) is 0 Å². The van der Waals surface area contributed by atoms with Crippen molar-refractivity contribution in [1.82, 2.24) is 0 Å². The molecule has 1 aliphatic rings. The summed E-state index contributed by atoms with van der Waals surface area (Å²) in [5.41, 5.74) is 1.27. The number of ether oxygens (including phenoxy) is 1. The van der Waals surface area contributed by atoms with Crippen molar-refractivity contribution in [1.29, 1.82) is 0 Å². The van der Waals surface area contributed by atoms with Crippen LogP contribution >= 0.6 is 11.6 Å². The van der Waals surface area contributed by atoms with Gasteiger partial charge in [0, 0.05) is 5.02 Å². The van der Waals surface area contributed by atoms with Gasteiger partial charge < -0.3 is 4.74 Å². The predicted molar refractivity (Wildman–Crippen MR) is 77.0 cm³/mol. The van der Waals surface area contributed by atoms with Crippen LogP contribution in [0.1, 0.15) is 57.1 Å². The average molecular weight is 267 g/mol. The van der Waals surface area contributed by atoms with Crippen LogP contribution in [-0.4, -0.2) is 6.61 Å². The van der Waals surface area contributed by atoms with Crippen LogP contribution in [0.3, 0.4) is 0 Å². The first kappa shape index (κ1) is 13.9. The molecule has 1 aromatic carbocycles. The first-order chi connectivity index (χ1) is 8.79. The lowest BCUT2D eigenvalue weighted by Gasteiger charge is -2.29. The minimum atomic E-state index is 0.282. The molecule has 1 saturated heterocycles. The van der Waals surface area contributed by atoms with Crippen molar-refractivity contribution in [2.75, 3.05) is 6.61 Å². The summed E-state index contributed by atoms with van der Waals surface area (Å²) in [4.78, 5) is 0. The van der Waals surface area contributed by atoms with Crippen molar-refractivity contribution in [2.24, 2.45) is 5.92 Å². The van der Waals surface area contributed by atoms with E-state index in [0.29, 0.717) is 0 Å². The maximum Gasteiger partial charge on any atom is 0.0825 e. The minimum absolute atomic E-state index is 0.282. The molecule has 1 fully saturated rings. The van der Waals surface area contributed by atoms with Crippen molar-refractivity contribution in [3.8, 4) is 0 Å². The van der Waals surface area contributed by atoms with Crippen LogP contribution in [0.2, 0.25) is 5.02 Å². The molecule has 1 aliphatic heterocycles. The molecule has 2 atom stereocenters. The summed E-state index contributed by atoms with van der Waals surface area (Å²) in [5.74, 6) is 0.778. The molecule has 1 heterocycles. The molecule has 2 unspecified atom stereocenters. The highest BCUT2D eigenvalue weighted by molar-refractivity contribution is 6.30. The van der Waals surface area contributed by atoms with E-state index in [1.807, 2.05) is 12.1 Å². The minimum Gasteiger partial charge on any atom is -0.373 e. The second-order valence-corrected chi connectivity index (χ2v) is 5.75. The largest absolute Gasteiger partial charge is 0.373 e. The van der Waals surface area contributed by atoms with Gasteiger partial charge in [-0.1, -0.05) is 49.9 Å². The maximum atomic E-state index is 6.00. The van der Waals surface area contributed by atoms with Gasteiger partial charge in [-0.3, -0.25) is 0 Å². The van der Waals surface area contributed by atoms with Crippen molar-refractivity contribution in [3.05, 3.63) is 34.9 Å². The molecule has 0 radical (unpaired) electrons. The second kappa shape index (κ2) is 7.16. The van der Waals surface area contributed by atoms with Crippen LogP contribution in [0.15, 0.2) is 24.3 Å². The number of unbranched alkanes of at least 4 members (excludes halogenated alkanes) is 2. The molecule has 0 saturated carbocycles. The molecule has 0 amide bonds. The van der Waals surface area contributed by atoms with E-state index >= 15 is 0 Å². The lowest BCUT2D eigenvalue weighted by atomic mass is 9.91. The average Bonchev–Trinajstić information content (AvgIpc) is 2.41. The van der Waals surface area contributed by atoms with E-state index in [1.165, 1.54) is 37.7 Å². The van der Waals surface area contributed by atoms with Gasteiger partial charge in [-0.25, -0.2) is 0 Å². The highest BCUT2D eigenvalue weighted by Gasteiger charge is 2.22. The quantitative estimate of drug-likeness (QED) is 0.650. The first-order valence-electron chi connectivity index (χ1n) is 7.16. The SMILES string of the molecule is CCCCCC1CCC(c2ccc(Cl)cc2)OC1. The summed E-state index contributed by atoms with van der Waals surface area (Å²) in [7, 11) is 0. The Bertz CT molecular complexity index is 339. The predicted octanol–water partition coefficient (Wildman–Crippen LogP) is 5.39. The zero-order valence-electron chi connectivity index (χ0n) is 11.2. The smallest absolute Gasteiger partial charge is 0.0825 e. The fourth-order valence-electron chi connectivity index (χ4n) is 2.66. The van der Waals surface area contributed by atoms with E-state index in [4.69, 9.17) is 16.3 Å². The van der Waals surface area contributed by atoms with Crippen LogP contribution in [0.5, 0.6) is 0 Å². The summed E-state index contributed by atoms with van der Waals surface area (Å²) in [6.07, 6.45) is 8.09. The molecular formula is C16H23ClO. The molecular weight excluding hydrogens is 244 g/mol. The lowest BCUT2D eigenvalue weighted by Crippen LogP contribution is -2.20. The zero-order valence-corrected chi connectivity index (χ0v) is 12.0.